The molecular formula is C22H24N2O4. The third kappa shape index (κ3) is 6.64. The first-order chi connectivity index (χ1) is 13.6. The third-order valence-electron chi connectivity index (χ3n) is 3.72. The molecule has 0 fully saturated rings. The Labute approximate surface area is 164 Å². The summed E-state index contributed by atoms with van der Waals surface area (Å²) in [6, 6.07) is 14.3. The monoisotopic (exact) mass is 380 g/mol. The minimum atomic E-state index is -0.250. The highest BCUT2D eigenvalue weighted by Gasteiger charge is 2.05. The van der Waals surface area contributed by atoms with E-state index in [-0.39, 0.29) is 11.8 Å². The van der Waals surface area contributed by atoms with Crippen molar-refractivity contribution < 1.29 is 19.1 Å². The van der Waals surface area contributed by atoms with Crippen LogP contribution >= 0.6 is 0 Å². The molecule has 0 aliphatic rings. The number of rotatable bonds is 10. The minimum absolute atomic E-state index is 0.170. The maximum absolute atomic E-state index is 11.9. The van der Waals surface area contributed by atoms with E-state index < -0.39 is 0 Å². The van der Waals surface area contributed by atoms with Crippen LogP contribution in [0.3, 0.4) is 0 Å². The fourth-order valence-electron chi connectivity index (χ4n) is 2.34. The number of benzene rings is 2. The van der Waals surface area contributed by atoms with E-state index in [4.69, 9.17) is 9.47 Å². The molecule has 146 valence electrons. The summed E-state index contributed by atoms with van der Waals surface area (Å²) in [5.74, 6) is 0.766. The van der Waals surface area contributed by atoms with Crippen molar-refractivity contribution in [2.24, 2.45) is 0 Å². The lowest BCUT2D eigenvalue weighted by Crippen LogP contribution is -2.33. The molecule has 0 radical (unpaired) electrons. The van der Waals surface area contributed by atoms with Gasteiger partial charge >= 0.3 is 0 Å². The Balaban J connectivity index is 1.78. The average Bonchev–Trinajstić information content (AvgIpc) is 2.74. The van der Waals surface area contributed by atoms with E-state index >= 15 is 0 Å². The fourth-order valence-corrected chi connectivity index (χ4v) is 2.34. The molecule has 2 N–H and O–H groups in total. The maximum atomic E-state index is 11.9. The van der Waals surface area contributed by atoms with Crippen LogP contribution < -0.4 is 20.1 Å². The average molecular weight is 380 g/mol. The molecule has 0 aliphatic heterocycles. The lowest BCUT2D eigenvalue weighted by atomic mass is 10.2. The molecule has 0 heterocycles. The van der Waals surface area contributed by atoms with Gasteiger partial charge in [-0.2, -0.15) is 0 Å². The van der Waals surface area contributed by atoms with Gasteiger partial charge < -0.3 is 20.1 Å². The molecule has 0 unspecified atom stereocenters. The Bertz CT molecular complexity index is 832. The molecule has 0 spiro atoms. The van der Waals surface area contributed by atoms with Gasteiger partial charge in [0.15, 0.2) is 11.5 Å². The number of hydrogen-bond acceptors (Lipinski definition) is 4. The van der Waals surface area contributed by atoms with Gasteiger partial charge in [0.1, 0.15) is 6.61 Å². The van der Waals surface area contributed by atoms with Gasteiger partial charge in [-0.15, -0.1) is 0 Å². The number of amides is 2. The van der Waals surface area contributed by atoms with Gasteiger partial charge in [0, 0.05) is 24.7 Å². The van der Waals surface area contributed by atoms with E-state index in [1.54, 1.807) is 55.7 Å². The minimum Gasteiger partial charge on any atom is -0.493 e. The predicted octanol–water partition coefficient (Wildman–Crippen LogP) is 2.82. The quantitative estimate of drug-likeness (QED) is 0.378. The summed E-state index contributed by atoms with van der Waals surface area (Å²) in [5, 5.41) is 5.47. The summed E-state index contributed by atoms with van der Waals surface area (Å²) in [5.41, 5.74) is 1.39. The molecule has 6 nitrogen and oxygen atoms in total. The first-order valence-electron chi connectivity index (χ1n) is 8.85. The van der Waals surface area contributed by atoms with Crippen LogP contribution in [-0.2, 0) is 4.79 Å². The van der Waals surface area contributed by atoms with Crippen LogP contribution in [0.25, 0.3) is 6.08 Å². The van der Waals surface area contributed by atoms with Gasteiger partial charge in [0.2, 0.25) is 5.91 Å². The standard InChI is InChI=1S/C22H24N2O4/c1-3-15-28-19-11-9-17(16-20(19)27-2)10-12-21(25)23-13-14-24-22(26)18-7-5-4-6-8-18/h3-12,16H,1,13-15H2,2H3,(H,23,25)(H,24,26)/b12-10+. The highest BCUT2D eigenvalue weighted by Crippen LogP contribution is 2.28. The molecule has 2 aromatic carbocycles. The van der Waals surface area contributed by atoms with E-state index in [1.165, 1.54) is 6.08 Å². The van der Waals surface area contributed by atoms with Crippen molar-refractivity contribution in [1.29, 1.82) is 0 Å². The van der Waals surface area contributed by atoms with Crippen LogP contribution in [0.15, 0.2) is 67.3 Å². The van der Waals surface area contributed by atoms with Gasteiger partial charge in [-0.25, -0.2) is 0 Å². The van der Waals surface area contributed by atoms with Crippen molar-refractivity contribution in [3.05, 3.63) is 78.4 Å². The molecule has 0 saturated heterocycles. The highest BCUT2D eigenvalue weighted by atomic mass is 16.5. The largest absolute Gasteiger partial charge is 0.493 e. The van der Waals surface area contributed by atoms with Gasteiger partial charge in [0.25, 0.3) is 5.91 Å². The first-order valence-corrected chi connectivity index (χ1v) is 8.85. The molecule has 2 aromatic rings. The predicted molar refractivity (Wildman–Crippen MR) is 110 cm³/mol. The Morgan fingerprint density at radius 2 is 1.79 bits per heavy atom. The van der Waals surface area contributed by atoms with Crippen LogP contribution in [0, 0.1) is 0 Å². The summed E-state index contributed by atoms with van der Waals surface area (Å²) in [4.78, 5) is 23.8. The number of carbonyl (C=O) groups is 2. The van der Waals surface area contributed by atoms with Crippen molar-refractivity contribution in [3.63, 3.8) is 0 Å². The Kier molecular flexibility index (Phi) is 8.33. The number of nitrogens with one attached hydrogen (secondary N) is 2. The second-order valence-corrected chi connectivity index (χ2v) is 5.76. The lowest BCUT2D eigenvalue weighted by Gasteiger charge is -2.09. The Hall–Kier alpha value is -3.54. The SMILES string of the molecule is C=CCOc1ccc(/C=C/C(=O)NCCNC(=O)c2ccccc2)cc1OC. The zero-order chi connectivity index (χ0) is 20.2. The van der Waals surface area contributed by atoms with Crippen LogP contribution in [-0.4, -0.2) is 38.6 Å². The second-order valence-electron chi connectivity index (χ2n) is 5.76. The molecule has 6 heteroatoms. The molecule has 0 aromatic heterocycles. The molecule has 2 amide bonds. The fraction of sp³-hybridized carbons (Fsp3) is 0.182. The summed E-state index contributed by atoms with van der Waals surface area (Å²) < 4.78 is 10.8. The first kappa shape index (κ1) is 20.8. The number of methoxy groups -OCH3 is 1. The molecule has 0 atom stereocenters. The Morgan fingerprint density at radius 3 is 2.50 bits per heavy atom. The number of hydrogen-bond donors (Lipinski definition) is 2. The van der Waals surface area contributed by atoms with Gasteiger partial charge in [-0.1, -0.05) is 36.9 Å². The molecule has 0 bridgehead atoms. The van der Waals surface area contributed by atoms with Crippen molar-refractivity contribution >= 4 is 17.9 Å². The molecule has 2 rings (SSSR count). The Morgan fingerprint density at radius 1 is 1.04 bits per heavy atom. The summed E-state index contributed by atoms with van der Waals surface area (Å²) in [7, 11) is 1.56. The smallest absolute Gasteiger partial charge is 0.251 e. The molecule has 0 aliphatic carbocycles. The van der Waals surface area contributed by atoms with Crippen molar-refractivity contribution in [2.75, 3.05) is 26.8 Å². The molecule has 28 heavy (non-hydrogen) atoms. The van der Waals surface area contributed by atoms with Gasteiger partial charge in [0.05, 0.1) is 7.11 Å². The molecule has 0 saturated carbocycles. The van der Waals surface area contributed by atoms with Crippen LogP contribution in [0.1, 0.15) is 15.9 Å². The van der Waals surface area contributed by atoms with Gasteiger partial charge in [-0.3, -0.25) is 9.59 Å². The van der Waals surface area contributed by atoms with E-state index in [2.05, 4.69) is 17.2 Å². The summed E-state index contributed by atoms with van der Waals surface area (Å²) >= 11 is 0. The normalized spacial score (nSPS) is 10.3. The van der Waals surface area contributed by atoms with Gasteiger partial charge in [-0.05, 0) is 35.9 Å². The highest BCUT2D eigenvalue weighted by molar-refractivity contribution is 5.94. The topological polar surface area (TPSA) is 76.7 Å². The van der Waals surface area contributed by atoms with E-state index in [1.807, 2.05) is 12.1 Å². The zero-order valence-corrected chi connectivity index (χ0v) is 15.8. The second kappa shape index (κ2) is 11.2. The molecular weight excluding hydrogens is 356 g/mol. The third-order valence-corrected chi connectivity index (χ3v) is 3.72. The van der Waals surface area contributed by atoms with Crippen LogP contribution in [0.5, 0.6) is 11.5 Å². The van der Waals surface area contributed by atoms with Crippen molar-refractivity contribution in [2.45, 2.75) is 0 Å². The van der Waals surface area contributed by atoms with Crippen LogP contribution in [0.4, 0.5) is 0 Å². The lowest BCUT2D eigenvalue weighted by molar-refractivity contribution is -0.116. The zero-order valence-electron chi connectivity index (χ0n) is 15.8. The van der Waals surface area contributed by atoms with Crippen molar-refractivity contribution in [1.82, 2.24) is 10.6 Å². The summed E-state index contributed by atoms with van der Waals surface area (Å²) in [6.07, 6.45) is 4.76. The summed E-state index contributed by atoms with van der Waals surface area (Å²) in [6.45, 7) is 4.67. The van der Waals surface area contributed by atoms with E-state index in [0.29, 0.717) is 36.8 Å². The number of ether oxygens (including phenoxy) is 2. The van der Waals surface area contributed by atoms with E-state index in [9.17, 15) is 9.59 Å². The van der Waals surface area contributed by atoms with Crippen molar-refractivity contribution in [3.8, 4) is 11.5 Å². The number of carbonyl (C=O) groups excluding carboxylic acids is 2. The van der Waals surface area contributed by atoms with Crippen LogP contribution in [0.2, 0.25) is 0 Å². The van der Waals surface area contributed by atoms with E-state index in [0.717, 1.165) is 5.56 Å². The maximum Gasteiger partial charge on any atom is 0.251 e.